The molecule has 7 heteroatoms. The van der Waals surface area contributed by atoms with Crippen LogP contribution in [0.2, 0.25) is 0 Å². The summed E-state index contributed by atoms with van der Waals surface area (Å²) in [6.07, 6.45) is 9.39. The summed E-state index contributed by atoms with van der Waals surface area (Å²) in [7, 11) is 0. The van der Waals surface area contributed by atoms with Crippen LogP contribution < -0.4 is 10.6 Å². The standard InChI is InChI=1S/C20H33N5O2/c1-4-8-21-19(26)16-24-12-14-25(15-13-24)20(27)22-18-6-10-23(11-7-18)9-5-17(2)3/h1,5,18H,6-16H2,2-3H3,(H,21,26)(H,22,27). The Morgan fingerprint density at radius 2 is 1.74 bits per heavy atom. The van der Waals surface area contributed by atoms with Crippen LogP contribution in [-0.4, -0.2) is 91.6 Å². The van der Waals surface area contributed by atoms with E-state index in [4.69, 9.17) is 6.42 Å². The van der Waals surface area contributed by atoms with Gasteiger partial charge in [0.25, 0.3) is 0 Å². The molecule has 2 aliphatic rings. The highest BCUT2D eigenvalue weighted by Crippen LogP contribution is 2.12. The highest BCUT2D eigenvalue weighted by molar-refractivity contribution is 5.78. The SMILES string of the molecule is C#CCNC(=O)CN1CCN(C(=O)NC2CCN(CC=C(C)C)CC2)CC1. The van der Waals surface area contributed by atoms with Crippen molar-refractivity contribution in [2.24, 2.45) is 0 Å². The van der Waals surface area contributed by atoms with Gasteiger partial charge in [-0.05, 0) is 26.7 Å². The molecule has 0 radical (unpaired) electrons. The first-order chi connectivity index (χ1) is 13.0. The van der Waals surface area contributed by atoms with E-state index < -0.39 is 0 Å². The van der Waals surface area contributed by atoms with Crippen LogP contribution in [0.5, 0.6) is 0 Å². The number of urea groups is 1. The van der Waals surface area contributed by atoms with Crippen molar-refractivity contribution < 1.29 is 9.59 Å². The first kappa shape index (κ1) is 21.3. The average Bonchev–Trinajstić information content (AvgIpc) is 2.66. The van der Waals surface area contributed by atoms with E-state index >= 15 is 0 Å². The monoisotopic (exact) mass is 375 g/mol. The topological polar surface area (TPSA) is 67.9 Å². The number of amides is 3. The van der Waals surface area contributed by atoms with E-state index in [1.165, 1.54) is 5.57 Å². The van der Waals surface area contributed by atoms with E-state index in [1.807, 2.05) is 4.90 Å². The second kappa shape index (κ2) is 11.0. The Hall–Kier alpha value is -2.04. The number of nitrogens with zero attached hydrogens (tertiary/aromatic N) is 3. The highest BCUT2D eigenvalue weighted by atomic mass is 16.2. The van der Waals surface area contributed by atoms with Gasteiger partial charge in [-0.15, -0.1) is 6.42 Å². The van der Waals surface area contributed by atoms with Crippen LogP contribution in [0.25, 0.3) is 0 Å². The number of nitrogens with one attached hydrogen (secondary N) is 2. The maximum atomic E-state index is 12.5. The minimum Gasteiger partial charge on any atom is -0.344 e. The van der Waals surface area contributed by atoms with Crippen molar-refractivity contribution in [1.82, 2.24) is 25.3 Å². The zero-order valence-corrected chi connectivity index (χ0v) is 16.7. The summed E-state index contributed by atoms with van der Waals surface area (Å²) in [5, 5.41) is 5.85. The largest absolute Gasteiger partial charge is 0.344 e. The second-order valence-corrected chi connectivity index (χ2v) is 7.55. The zero-order chi connectivity index (χ0) is 19.6. The van der Waals surface area contributed by atoms with Gasteiger partial charge in [-0.25, -0.2) is 4.79 Å². The van der Waals surface area contributed by atoms with Crippen molar-refractivity contribution in [2.45, 2.75) is 32.7 Å². The summed E-state index contributed by atoms with van der Waals surface area (Å²) < 4.78 is 0. The van der Waals surface area contributed by atoms with E-state index in [9.17, 15) is 9.59 Å². The lowest BCUT2D eigenvalue weighted by Gasteiger charge is -2.36. The van der Waals surface area contributed by atoms with E-state index in [-0.39, 0.29) is 24.5 Å². The van der Waals surface area contributed by atoms with Crippen molar-refractivity contribution in [1.29, 1.82) is 0 Å². The van der Waals surface area contributed by atoms with Crippen molar-refractivity contribution in [3.8, 4) is 12.3 Å². The Balaban J connectivity index is 1.64. The Morgan fingerprint density at radius 1 is 1.07 bits per heavy atom. The Morgan fingerprint density at radius 3 is 2.33 bits per heavy atom. The summed E-state index contributed by atoms with van der Waals surface area (Å²) in [6.45, 7) is 10.6. The smallest absolute Gasteiger partial charge is 0.317 e. The molecule has 2 heterocycles. The fraction of sp³-hybridized carbons (Fsp3) is 0.700. The van der Waals surface area contributed by atoms with Crippen molar-refractivity contribution in [3.63, 3.8) is 0 Å². The van der Waals surface area contributed by atoms with Gasteiger partial charge in [-0.2, -0.15) is 0 Å². The molecule has 0 aromatic heterocycles. The summed E-state index contributed by atoms with van der Waals surface area (Å²) in [4.78, 5) is 30.6. The number of likely N-dealkylation sites (tertiary alicyclic amines) is 1. The van der Waals surface area contributed by atoms with Crippen molar-refractivity contribution in [3.05, 3.63) is 11.6 Å². The lowest BCUT2D eigenvalue weighted by molar-refractivity contribution is -0.122. The Kier molecular flexibility index (Phi) is 8.62. The molecule has 0 unspecified atom stereocenters. The fourth-order valence-electron chi connectivity index (χ4n) is 3.36. The van der Waals surface area contributed by atoms with E-state index in [0.717, 1.165) is 32.5 Å². The predicted octanol–water partition coefficient (Wildman–Crippen LogP) is 0.494. The van der Waals surface area contributed by atoms with E-state index in [1.54, 1.807) is 0 Å². The fourth-order valence-corrected chi connectivity index (χ4v) is 3.36. The third kappa shape index (κ3) is 7.61. The molecule has 2 saturated heterocycles. The van der Waals surface area contributed by atoms with Crippen molar-refractivity contribution >= 4 is 11.9 Å². The molecule has 0 atom stereocenters. The Bertz CT molecular complexity index is 563. The molecule has 0 aliphatic carbocycles. The quantitative estimate of drug-likeness (QED) is 0.524. The molecule has 27 heavy (non-hydrogen) atoms. The summed E-state index contributed by atoms with van der Waals surface area (Å²) in [5.74, 6) is 2.33. The first-order valence-electron chi connectivity index (χ1n) is 9.81. The number of carbonyl (C=O) groups is 2. The maximum Gasteiger partial charge on any atom is 0.317 e. The summed E-state index contributed by atoms with van der Waals surface area (Å²) >= 11 is 0. The third-order valence-corrected chi connectivity index (χ3v) is 5.09. The number of carbonyl (C=O) groups excluding carboxylic acids is 2. The molecular weight excluding hydrogens is 342 g/mol. The lowest BCUT2D eigenvalue weighted by atomic mass is 10.1. The van der Waals surface area contributed by atoms with Gasteiger partial charge in [0, 0.05) is 51.9 Å². The number of rotatable bonds is 6. The lowest BCUT2D eigenvalue weighted by Crippen LogP contribution is -2.55. The van der Waals surface area contributed by atoms with Gasteiger partial charge in [0.1, 0.15) is 0 Å². The number of hydrogen-bond acceptors (Lipinski definition) is 4. The van der Waals surface area contributed by atoms with Crippen LogP contribution in [-0.2, 0) is 4.79 Å². The van der Waals surface area contributed by atoms with Gasteiger partial charge in [0.2, 0.25) is 5.91 Å². The number of terminal acetylenes is 1. The van der Waals surface area contributed by atoms with Gasteiger partial charge in [0.05, 0.1) is 13.1 Å². The average molecular weight is 376 g/mol. The molecule has 2 aliphatic heterocycles. The molecule has 2 N–H and O–H groups in total. The first-order valence-corrected chi connectivity index (χ1v) is 9.81. The third-order valence-electron chi connectivity index (χ3n) is 5.09. The molecule has 0 aromatic carbocycles. The number of piperidine rings is 1. The normalized spacial score (nSPS) is 19.2. The van der Waals surface area contributed by atoms with Crippen LogP contribution in [0, 0.1) is 12.3 Å². The van der Waals surface area contributed by atoms with Crippen molar-refractivity contribution in [2.75, 3.05) is 58.9 Å². The second-order valence-electron chi connectivity index (χ2n) is 7.55. The van der Waals surface area contributed by atoms with Gasteiger partial charge in [0.15, 0.2) is 0 Å². The molecule has 0 spiro atoms. The molecule has 2 fully saturated rings. The molecule has 3 amide bonds. The van der Waals surface area contributed by atoms with Crippen LogP contribution in [0.1, 0.15) is 26.7 Å². The molecule has 0 aromatic rings. The predicted molar refractivity (Wildman–Crippen MR) is 107 cm³/mol. The van der Waals surface area contributed by atoms with Crippen LogP contribution in [0.4, 0.5) is 4.79 Å². The number of piperazine rings is 1. The van der Waals surface area contributed by atoms with Gasteiger partial charge >= 0.3 is 6.03 Å². The minimum atomic E-state index is -0.0641. The van der Waals surface area contributed by atoms with E-state index in [2.05, 4.69) is 46.3 Å². The molecule has 0 saturated carbocycles. The zero-order valence-electron chi connectivity index (χ0n) is 16.7. The van der Waals surface area contributed by atoms with Crippen LogP contribution in [0.15, 0.2) is 11.6 Å². The van der Waals surface area contributed by atoms with Gasteiger partial charge in [-0.1, -0.05) is 17.6 Å². The van der Waals surface area contributed by atoms with Gasteiger partial charge < -0.3 is 15.5 Å². The maximum absolute atomic E-state index is 12.5. The Labute approximate surface area is 163 Å². The molecule has 150 valence electrons. The molecule has 7 nitrogen and oxygen atoms in total. The number of hydrogen-bond donors (Lipinski definition) is 2. The highest BCUT2D eigenvalue weighted by Gasteiger charge is 2.25. The van der Waals surface area contributed by atoms with E-state index in [0.29, 0.717) is 32.7 Å². The minimum absolute atomic E-state index is 0.0224. The van der Waals surface area contributed by atoms with Crippen LogP contribution >= 0.6 is 0 Å². The summed E-state index contributed by atoms with van der Waals surface area (Å²) in [6, 6.07) is 0.280. The molecular formula is C20H33N5O2. The molecule has 2 rings (SSSR count). The number of allylic oxidation sites excluding steroid dienone is 1. The van der Waals surface area contributed by atoms with Gasteiger partial charge in [-0.3, -0.25) is 14.6 Å². The summed E-state index contributed by atoms with van der Waals surface area (Å²) in [5.41, 5.74) is 1.35. The van der Waals surface area contributed by atoms with Crippen LogP contribution in [0.3, 0.4) is 0 Å². The molecule has 0 bridgehead atoms.